The zero-order valence-corrected chi connectivity index (χ0v) is 17.0. The minimum absolute atomic E-state index is 0.106. The van der Waals surface area contributed by atoms with Crippen molar-refractivity contribution in [2.75, 3.05) is 0 Å². The lowest BCUT2D eigenvalue weighted by Gasteiger charge is -2.27. The largest absolute Gasteiger partial charge is 0.273 e. The van der Waals surface area contributed by atoms with Crippen LogP contribution >= 0.6 is 11.6 Å². The summed E-state index contributed by atoms with van der Waals surface area (Å²) in [7, 11) is -4.02. The van der Waals surface area contributed by atoms with Crippen LogP contribution in [-0.2, 0) is 26.7 Å². The van der Waals surface area contributed by atoms with Gasteiger partial charge in [0.25, 0.3) is 10.0 Å². The first-order valence-corrected chi connectivity index (χ1v) is 11.1. The molecule has 0 bridgehead atoms. The van der Waals surface area contributed by atoms with Gasteiger partial charge in [0.05, 0.1) is 10.3 Å². The molecule has 1 amide bonds. The fourth-order valence-corrected chi connectivity index (χ4v) is 5.75. The lowest BCUT2D eigenvalue weighted by molar-refractivity contribution is -0.125. The maximum absolute atomic E-state index is 13.3. The van der Waals surface area contributed by atoms with E-state index in [-0.39, 0.29) is 4.90 Å². The Morgan fingerprint density at radius 1 is 1.07 bits per heavy atom. The number of rotatable bonds is 4. The molecular weight excluding hydrogens is 394 g/mol. The molecule has 1 aliphatic rings. The van der Waals surface area contributed by atoms with Gasteiger partial charge in [-0.05, 0) is 47.9 Å². The number of fused-ring (bicyclic) bond motifs is 2. The van der Waals surface area contributed by atoms with Gasteiger partial charge in [-0.3, -0.25) is 4.79 Å². The van der Waals surface area contributed by atoms with Gasteiger partial charge >= 0.3 is 0 Å². The molecular formula is C22H20ClNO3S. The Kier molecular flexibility index (Phi) is 4.68. The van der Waals surface area contributed by atoms with Crippen molar-refractivity contribution in [1.82, 2.24) is 4.72 Å². The van der Waals surface area contributed by atoms with Gasteiger partial charge in [-0.25, -0.2) is 13.1 Å². The maximum atomic E-state index is 13.3. The molecule has 1 aliphatic carbocycles. The second-order valence-electron chi connectivity index (χ2n) is 7.11. The summed E-state index contributed by atoms with van der Waals surface area (Å²) in [6.45, 7) is 1.90. The number of hydrogen-bond acceptors (Lipinski definition) is 3. The van der Waals surface area contributed by atoms with Gasteiger partial charge in [0.1, 0.15) is 0 Å². The molecule has 0 radical (unpaired) electrons. The highest BCUT2D eigenvalue weighted by atomic mass is 35.5. The lowest BCUT2D eigenvalue weighted by Crippen LogP contribution is -2.45. The van der Waals surface area contributed by atoms with Crippen LogP contribution in [0.4, 0.5) is 0 Å². The van der Waals surface area contributed by atoms with Crippen molar-refractivity contribution in [1.29, 1.82) is 0 Å². The molecule has 6 heteroatoms. The Bertz CT molecular complexity index is 1180. The van der Waals surface area contributed by atoms with E-state index in [0.717, 1.165) is 16.5 Å². The van der Waals surface area contributed by atoms with Crippen LogP contribution in [0.5, 0.6) is 0 Å². The van der Waals surface area contributed by atoms with Gasteiger partial charge in [0, 0.05) is 10.4 Å². The van der Waals surface area contributed by atoms with Crippen molar-refractivity contribution in [3.8, 4) is 0 Å². The number of halogens is 1. The molecule has 0 aliphatic heterocycles. The maximum Gasteiger partial charge on any atom is 0.264 e. The zero-order valence-electron chi connectivity index (χ0n) is 15.4. The Morgan fingerprint density at radius 2 is 1.79 bits per heavy atom. The molecule has 1 N–H and O–H groups in total. The Morgan fingerprint density at radius 3 is 2.57 bits per heavy atom. The summed E-state index contributed by atoms with van der Waals surface area (Å²) in [6, 6.07) is 17.8. The topological polar surface area (TPSA) is 63.2 Å². The van der Waals surface area contributed by atoms with Crippen molar-refractivity contribution >= 4 is 38.3 Å². The van der Waals surface area contributed by atoms with E-state index in [4.69, 9.17) is 11.6 Å². The quantitative estimate of drug-likeness (QED) is 0.680. The SMILES string of the molecule is CC[C@]1(C(=O)NS(=O)(=O)c2cccc3ccccc23)CCc2c(Cl)cccc21. The molecule has 0 unspecified atom stereocenters. The molecule has 3 aromatic carbocycles. The standard InChI is InChI=1S/C22H20ClNO3S/c1-2-22(14-13-17-18(22)10-6-11-19(17)23)21(25)24-28(26,27)20-12-5-8-15-7-3-4-9-16(15)20/h3-12H,2,13-14H2,1H3,(H,24,25)/t22-/m0/s1. The van der Waals surface area contributed by atoms with E-state index in [9.17, 15) is 13.2 Å². The summed E-state index contributed by atoms with van der Waals surface area (Å²) in [5.41, 5.74) is 0.870. The third kappa shape index (κ3) is 2.90. The van der Waals surface area contributed by atoms with Crippen LogP contribution in [0, 0.1) is 0 Å². The monoisotopic (exact) mass is 413 g/mol. The van der Waals surface area contributed by atoms with Crippen LogP contribution in [0.15, 0.2) is 65.6 Å². The Hall–Kier alpha value is -2.37. The molecule has 1 atom stereocenters. The number of sulfonamides is 1. The summed E-state index contributed by atoms with van der Waals surface area (Å²) < 4.78 is 28.5. The second-order valence-corrected chi connectivity index (χ2v) is 9.17. The van der Waals surface area contributed by atoms with Crippen LogP contribution in [0.1, 0.15) is 30.9 Å². The average Bonchev–Trinajstić information content (AvgIpc) is 3.08. The predicted molar refractivity (Wildman–Crippen MR) is 111 cm³/mol. The third-order valence-electron chi connectivity index (χ3n) is 5.74. The molecule has 28 heavy (non-hydrogen) atoms. The summed E-state index contributed by atoms with van der Waals surface area (Å²) >= 11 is 6.30. The van der Waals surface area contributed by atoms with E-state index in [0.29, 0.717) is 29.7 Å². The molecule has 4 nitrogen and oxygen atoms in total. The summed E-state index contributed by atoms with van der Waals surface area (Å²) in [4.78, 5) is 13.4. The van der Waals surface area contributed by atoms with E-state index in [2.05, 4.69) is 4.72 Å². The summed E-state index contributed by atoms with van der Waals surface area (Å²) in [5, 5.41) is 2.02. The minimum Gasteiger partial charge on any atom is -0.273 e. The number of nitrogens with one attached hydrogen (secondary N) is 1. The van der Waals surface area contributed by atoms with Crippen LogP contribution in [0.2, 0.25) is 5.02 Å². The first kappa shape index (κ1) is 19.0. The minimum atomic E-state index is -4.02. The fraction of sp³-hybridized carbons (Fsp3) is 0.227. The first-order valence-electron chi connectivity index (χ1n) is 9.22. The second kappa shape index (κ2) is 6.90. The van der Waals surface area contributed by atoms with Crippen molar-refractivity contribution < 1.29 is 13.2 Å². The number of carbonyl (C=O) groups excluding carboxylic acids is 1. The number of hydrogen-bond donors (Lipinski definition) is 1. The van der Waals surface area contributed by atoms with Crippen LogP contribution in [0.25, 0.3) is 10.8 Å². The average molecular weight is 414 g/mol. The molecule has 0 heterocycles. The van der Waals surface area contributed by atoms with E-state index in [1.807, 2.05) is 37.3 Å². The highest BCUT2D eigenvalue weighted by molar-refractivity contribution is 7.90. The molecule has 144 valence electrons. The normalized spacial score (nSPS) is 18.8. The number of benzene rings is 3. The van der Waals surface area contributed by atoms with Crippen LogP contribution in [0.3, 0.4) is 0 Å². The smallest absolute Gasteiger partial charge is 0.264 e. The zero-order chi connectivity index (χ0) is 19.9. The molecule has 4 rings (SSSR count). The van der Waals surface area contributed by atoms with E-state index in [1.165, 1.54) is 6.07 Å². The van der Waals surface area contributed by atoms with Gasteiger partial charge in [-0.1, -0.05) is 67.1 Å². The van der Waals surface area contributed by atoms with Gasteiger partial charge in [0.15, 0.2) is 0 Å². The van der Waals surface area contributed by atoms with Gasteiger partial charge in [0.2, 0.25) is 5.91 Å². The van der Waals surface area contributed by atoms with Crippen LogP contribution in [-0.4, -0.2) is 14.3 Å². The number of carbonyl (C=O) groups is 1. The Balaban J connectivity index is 1.75. The molecule has 0 aromatic heterocycles. The molecule has 0 saturated heterocycles. The van der Waals surface area contributed by atoms with E-state index >= 15 is 0 Å². The predicted octanol–water partition coefficient (Wildman–Crippen LogP) is 4.59. The van der Waals surface area contributed by atoms with Crippen molar-refractivity contribution in [3.63, 3.8) is 0 Å². The highest BCUT2D eigenvalue weighted by Crippen LogP contribution is 2.44. The first-order chi connectivity index (χ1) is 13.4. The molecule has 0 saturated carbocycles. The lowest BCUT2D eigenvalue weighted by atomic mass is 9.79. The van der Waals surface area contributed by atoms with Gasteiger partial charge < -0.3 is 0 Å². The molecule has 0 fully saturated rings. The summed E-state index contributed by atoms with van der Waals surface area (Å²) in [6.07, 6.45) is 1.70. The van der Waals surface area contributed by atoms with Crippen molar-refractivity contribution in [3.05, 3.63) is 76.8 Å². The van der Waals surface area contributed by atoms with E-state index < -0.39 is 21.3 Å². The fourth-order valence-electron chi connectivity index (χ4n) is 4.20. The van der Waals surface area contributed by atoms with Crippen molar-refractivity contribution in [2.45, 2.75) is 36.5 Å². The third-order valence-corrected chi connectivity index (χ3v) is 7.48. The number of amides is 1. The summed E-state index contributed by atoms with van der Waals surface area (Å²) in [5.74, 6) is -0.496. The van der Waals surface area contributed by atoms with E-state index in [1.54, 1.807) is 24.3 Å². The Labute approximate surface area is 169 Å². The van der Waals surface area contributed by atoms with Gasteiger partial charge in [-0.15, -0.1) is 0 Å². The molecule has 3 aromatic rings. The van der Waals surface area contributed by atoms with Crippen molar-refractivity contribution in [2.24, 2.45) is 0 Å². The van der Waals surface area contributed by atoms with Gasteiger partial charge in [-0.2, -0.15) is 0 Å². The highest BCUT2D eigenvalue weighted by Gasteiger charge is 2.45. The van der Waals surface area contributed by atoms with Crippen LogP contribution < -0.4 is 4.72 Å². The molecule has 0 spiro atoms.